The molecule has 4 nitrogen and oxygen atoms in total. The van der Waals surface area contributed by atoms with Gasteiger partial charge in [0.2, 0.25) is 0 Å². The molecular formula is C15H18N4. The maximum atomic E-state index is 5.65. The highest BCUT2D eigenvalue weighted by molar-refractivity contribution is 5.31. The van der Waals surface area contributed by atoms with Crippen LogP contribution < -0.4 is 11.3 Å². The van der Waals surface area contributed by atoms with Gasteiger partial charge in [-0.3, -0.25) is 15.8 Å². The van der Waals surface area contributed by atoms with Gasteiger partial charge in [0.05, 0.1) is 17.9 Å². The van der Waals surface area contributed by atoms with Gasteiger partial charge in [-0.25, -0.2) is 5.43 Å². The molecule has 1 aromatic carbocycles. The normalized spacial score (nSPS) is 16.9. The first-order chi connectivity index (χ1) is 9.38. The van der Waals surface area contributed by atoms with E-state index in [2.05, 4.69) is 39.7 Å². The minimum Gasteiger partial charge on any atom is -0.271 e. The van der Waals surface area contributed by atoms with Crippen LogP contribution in [0.1, 0.15) is 48.0 Å². The highest BCUT2D eigenvalue weighted by atomic mass is 15.2. The molecule has 1 unspecified atom stereocenters. The first-order valence-electron chi connectivity index (χ1n) is 6.70. The van der Waals surface area contributed by atoms with E-state index in [1.54, 1.807) is 18.6 Å². The summed E-state index contributed by atoms with van der Waals surface area (Å²) in [7, 11) is 0. The lowest BCUT2D eigenvalue weighted by atomic mass is 9.80. The summed E-state index contributed by atoms with van der Waals surface area (Å²) >= 11 is 0. The van der Waals surface area contributed by atoms with Crippen molar-refractivity contribution in [2.24, 2.45) is 5.84 Å². The smallest absolute Gasteiger partial charge is 0.0897 e. The van der Waals surface area contributed by atoms with Crippen LogP contribution in [-0.4, -0.2) is 9.97 Å². The molecule has 0 bridgehead atoms. The molecule has 3 rings (SSSR count). The molecule has 0 radical (unpaired) electrons. The summed E-state index contributed by atoms with van der Waals surface area (Å²) in [4.78, 5) is 8.40. The molecule has 1 saturated carbocycles. The van der Waals surface area contributed by atoms with Gasteiger partial charge in [0.15, 0.2) is 0 Å². The lowest BCUT2D eigenvalue weighted by Gasteiger charge is -2.26. The van der Waals surface area contributed by atoms with Gasteiger partial charge in [-0.1, -0.05) is 30.7 Å². The lowest BCUT2D eigenvalue weighted by Crippen LogP contribution is -2.29. The van der Waals surface area contributed by atoms with E-state index in [9.17, 15) is 0 Å². The Hall–Kier alpha value is -1.78. The number of nitrogens with two attached hydrogens (primary N) is 1. The maximum absolute atomic E-state index is 5.65. The minimum absolute atomic E-state index is 0.107. The number of nitrogens with one attached hydrogen (secondary N) is 1. The molecule has 4 heteroatoms. The van der Waals surface area contributed by atoms with Crippen molar-refractivity contribution in [3.63, 3.8) is 0 Å². The highest BCUT2D eigenvalue weighted by Crippen LogP contribution is 2.36. The molecule has 1 aromatic heterocycles. The van der Waals surface area contributed by atoms with Crippen molar-refractivity contribution in [1.82, 2.24) is 15.4 Å². The summed E-state index contributed by atoms with van der Waals surface area (Å²) in [5.41, 5.74) is 6.20. The van der Waals surface area contributed by atoms with Gasteiger partial charge in [-0.05, 0) is 29.9 Å². The monoisotopic (exact) mass is 254 g/mol. The van der Waals surface area contributed by atoms with Gasteiger partial charge >= 0.3 is 0 Å². The quantitative estimate of drug-likeness (QED) is 0.649. The third kappa shape index (κ3) is 2.50. The summed E-state index contributed by atoms with van der Waals surface area (Å²) in [5, 5.41) is 0. The van der Waals surface area contributed by atoms with E-state index < -0.39 is 0 Å². The second-order valence-electron chi connectivity index (χ2n) is 5.02. The van der Waals surface area contributed by atoms with Crippen molar-refractivity contribution in [2.75, 3.05) is 0 Å². The zero-order chi connectivity index (χ0) is 13.1. The third-order valence-corrected chi connectivity index (χ3v) is 3.89. The lowest BCUT2D eigenvalue weighted by molar-refractivity contribution is 0.419. The molecule has 2 aromatic rings. The number of hydrogen-bond acceptors (Lipinski definition) is 4. The van der Waals surface area contributed by atoms with Crippen LogP contribution in [0.5, 0.6) is 0 Å². The fourth-order valence-corrected chi connectivity index (χ4v) is 2.51. The van der Waals surface area contributed by atoms with Crippen molar-refractivity contribution < 1.29 is 0 Å². The largest absolute Gasteiger partial charge is 0.271 e. The molecule has 1 fully saturated rings. The zero-order valence-electron chi connectivity index (χ0n) is 10.8. The number of hydrazine groups is 1. The first kappa shape index (κ1) is 12.3. The van der Waals surface area contributed by atoms with Crippen molar-refractivity contribution in [3.8, 4) is 0 Å². The van der Waals surface area contributed by atoms with Crippen LogP contribution in [0.2, 0.25) is 0 Å². The molecular weight excluding hydrogens is 236 g/mol. The number of hydrogen-bond donors (Lipinski definition) is 2. The summed E-state index contributed by atoms with van der Waals surface area (Å²) < 4.78 is 0. The number of aromatic nitrogens is 2. The van der Waals surface area contributed by atoms with Crippen LogP contribution in [0.3, 0.4) is 0 Å². The third-order valence-electron chi connectivity index (χ3n) is 3.89. The molecule has 19 heavy (non-hydrogen) atoms. The zero-order valence-corrected chi connectivity index (χ0v) is 10.8. The van der Waals surface area contributed by atoms with E-state index in [4.69, 9.17) is 5.84 Å². The topological polar surface area (TPSA) is 63.8 Å². The van der Waals surface area contributed by atoms with Crippen LogP contribution in [0.15, 0.2) is 42.9 Å². The van der Waals surface area contributed by atoms with Crippen molar-refractivity contribution in [3.05, 3.63) is 59.7 Å². The average Bonchev–Trinajstić information content (AvgIpc) is 2.41. The first-order valence-corrected chi connectivity index (χ1v) is 6.70. The Labute approximate surface area is 113 Å². The van der Waals surface area contributed by atoms with Crippen LogP contribution >= 0.6 is 0 Å². The van der Waals surface area contributed by atoms with Crippen molar-refractivity contribution in [1.29, 1.82) is 0 Å². The Kier molecular flexibility index (Phi) is 3.53. The summed E-state index contributed by atoms with van der Waals surface area (Å²) in [6.45, 7) is 0. The summed E-state index contributed by atoms with van der Waals surface area (Å²) in [5.74, 6) is 6.41. The van der Waals surface area contributed by atoms with Crippen LogP contribution in [0.4, 0.5) is 0 Å². The molecule has 1 aliphatic rings. The van der Waals surface area contributed by atoms with Crippen molar-refractivity contribution >= 4 is 0 Å². The van der Waals surface area contributed by atoms with E-state index in [1.165, 1.54) is 24.8 Å². The molecule has 98 valence electrons. The Balaban J connectivity index is 1.83. The van der Waals surface area contributed by atoms with Crippen LogP contribution in [0.25, 0.3) is 0 Å². The number of nitrogens with zero attached hydrogens (tertiary/aromatic N) is 2. The second kappa shape index (κ2) is 5.47. The van der Waals surface area contributed by atoms with Gasteiger partial charge in [-0.2, -0.15) is 0 Å². The van der Waals surface area contributed by atoms with E-state index in [1.807, 2.05) is 0 Å². The Morgan fingerprint density at radius 3 is 2.47 bits per heavy atom. The summed E-state index contributed by atoms with van der Waals surface area (Å²) in [6.07, 6.45) is 9.09. The predicted octanol–water partition coefficient (Wildman–Crippen LogP) is 2.30. The van der Waals surface area contributed by atoms with Crippen LogP contribution in [-0.2, 0) is 0 Å². The Morgan fingerprint density at radius 1 is 1.16 bits per heavy atom. The predicted molar refractivity (Wildman–Crippen MR) is 74.2 cm³/mol. The fourth-order valence-electron chi connectivity index (χ4n) is 2.51. The molecule has 1 aliphatic carbocycles. The van der Waals surface area contributed by atoms with E-state index in [0.29, 0.717) is 0 Å². The number of rotatable bonds is 4. The van der Waals surface area contributed by atoms with Gasteiger partial charge < -0.3 is 0 Å². The van der Waals surface area contributed by atoms with E-state index in [-0.39, 0.29) is 6.04 Å². The highest BCUT2D eigenvalue weighted by Gasteiger charge is 2.20. The van der Waals surface area contributed by atoms with E-state index >= 15 is 0 Å². The fraction of sp³-hybridized carbons (Fsp3) is 0.333. The Morgan fingerprint density at radius 2 is 1.95 bits per heavy atom. The SMILES string of the molecule is NNC(c1ccc(C2CCC2)cc1)c1cnccn1. The molecule has 0 amide bonds. The second-order valence-corrected chi connectivity index (χ2v) is 5.02. The maximum Gasteiger partial charge on any atom is 0.0897 e. The van der Waals surface area contributed by atoms with Gasteiger partial charge in [0.1, 0.15) is 0 Å². The van der Waals surface area contributed by atoms with Crippen LogP contribution in [0, 0.1) is 0 Å². The standard InChI is InChI=1S/C15H18N4/c16-19-15(14-10-17-8-9-18-14)13-6-4-12(5-7-13)11-2-1-3-11/h4-11,15,19H,1-3,16H2. The minimum atomic E-state index is -0.107. The number of benzene rings is 1. The average molecular weight is 254 g/mol. The molecule has 0 saturated heterocycles. The molecule has 3 N–H and O–H groups in total. The molecule has 0 spiro atoms. The van der Waals surface area contributed by atoms with Crippen molar-refractivity contribution in [2.45, 2.75) is 31.2 Å². The Bertz CT molecular complexity index is 520. The summed E-state index contributed by atoms with van der Waals surface area (Å²) in [6, 6.07) is 8.57. The van der Waals surface area contributed by atoms with Gasteiger partial charge in [0.25, 0.3) is 0 Å². The molecule has 1 heterocycles. The van der Waals surface area contributed by atoms with Gasteiger partial charge in [-0.15, -0.1) is 0 Å². The van der Waals surface area contributed by atoms with E-state index in [0.717, 1.165) is 17.2 Å². The molecule has 1 atom stereocenters. The van der Waals surface area contributed by atoms with Gasteiger partial charge in [0, 0.05) is 12.4 Å². The molecule has 0 aliphatic heterocycles.